The summed E-state index contributed by atoms with van der Waals surface area (Å²) in [5.74, 6) is 0.613. The second-order valence-electron chi connectivity index (χ2n) is 6.75. The van der Waals surface area contributed by atoms with Gasteiger partial charge < -0.3 is 19.9 Å². The zero-order valence-electron chi connectivity index (χ0n) is 16.4. The molecule has 1 aromatic heterocycles. The Morgan fingerprint density at radius 3 is 2.64 bits per heavy atom. The molecule has 0 aliphatic carbocycles. The molecule has 2 heterocycles. The molecule has 1 aromatic carbocycles. The molecule has 0 radical (unpaired) electrons. The molecule has 1 saturated heterocycles. The number of carbonyl (C=O) groups is 2. The maximum atomic E-state index is 12.5. The van der Waals surface area contributed by atoms with Gasteiger partial charge in [-0.2, -0.15) is 0 Å². The van der Waals surface area contributed by atoms with E-state index in [4.69, 9.17) is 4.74 Å². The SMILES string of the molecule is CCOC(=O)N1CCN(c2cc(C(=O)NCc3cccc(C)c3)ccn2)CC1. The number of piperazine rings is 1. The molecule has 0 atom stereocenters. The molecule has 2 aromatic rings. The molecule has 2 amide bonds. The number of carbonyl (C=O) groups excluding carboxylic acids is 2. The van der Waals surface area contributed by atoms with Crippen molar-refractivity contribution in [3.63, 3.8) is 0 Å². The predicted molar refractivity (Wildman–Crippen MR) is 107 cm³/mol. The highest BCUT2D eigenvalue weighted by Gasteiger charge is 2.23. The molecule has 0 unspecified atom stereocenters. The number of nitrogens with one attached hydrogen (secondary N) is 1. The molecule has 0 spiro atoms. The minimum Gasteiger partial charge on any atom is -0.450 e. The van der Waals surface area contributed by atoms with E-state index in [2.05, 4.69) is 21.3 Å². The van der Waals surface area contributed by atoms with Crippen LogP contribution in [0, 0.1) is 6.92 Å². The van der Waals surface area contributed by atoms with E-state index in [-0.39, 0.29) is 12.0 Å². The maximum absolute atomic E-state index is 12.5. The summed E-state index contributed by atoms with van der Waals surface area (Å²) in [7, 11) is 0. The molecule has 0 saturated carbocycles. The topological polar surface area (TPSA) is 74.8 Å². The zero-order chi connectivity index (χ0) is 19.9. The van der Waals surface area contributed by atoms with Gasteiger partial charge in [0.15, 0.2) is 0 Å². The number of anilines is 1. The number of rotatable bonds is 5. The number of benzene rings is 1. The Morgan fingerprint density at radius 1 is 1.14 bits per heavy atom. The van der Waals surface area contributed by atoms with Crippen molar-refractivity contribution in [1.82, 2.24) is 15.2 Å². The molecule has 7 nitrogen and oxygen atoms in total. The van der Waals surface area contributed by atoms with Crippen LogP contribution in [0.25, 0.3) is 0 Å². The van der Waals surface area contributed by atoms with Crippen molar-refractivity contribution < 1.29 is 14.3 Å². The first-order chi connectivity index (χ1) is 13.6. The third-order valence-electron chi connectivity index (χ3n) is 4.67. The van der Waals surface area contributed by atoms with E-state index >= 15 is 0 Å². The van der Waals surface area contributed by atoms with Crippen LogP contribution in [0.5, 0.6) is 0 Å². The molecule has 7 heteroatoms. The Kier molecular flexibility index (Phi) is 6.47. The van der Waals surface area contributed by atoms with E-state index in [0.29, 0.717) is 44.9 Å². The summed E-state index contributed by atoms with van der Waals surface area (Å²) in [6.07, 6.45) is 1.37. The van der Waals surface area contributed by atoms with E-state index < -0.39 is 0 Å². The lowest BCUT2D eigenvalue weighted by Crippen LogP contribution is -2.49. The number of hydrogen-bond acceptors (Lipinski definition) is 5. The summed E-state index contributed by atoms with van der Waals surface area (Å²) >= 11 is 0. The molecule has 28 heavy (non-hydrogen) atoms. The van der Waals surface area contributed by atoms with E-state index in [1.807, 2.05) is 25.1 Å². The monoisotopic (exact) mass is 382 g/mol. The number of ether oxygens (including phenoxy) is 1. The van der Waals surface area contributed by atoms with Gasteiger partial charge in [-0.25, -0.2) is 9.78 Å². The van der Waals surface area contributed by atoms with Gasteiger partial charge in [0.2, 0.25) is 0 Å². The Hall–Kier alpha value is -3.09. The molecular formula is C21H26N4O3. The first-order valence-corrected chi connectivity index (χ1v) is 9.53. The minimum absolute atomic E-state index is 0.129. The molecule has 148 valence electrons. The molecule has 1 fully saturated rings. The van der Waals surface area contributed by atoms with Crippen molar-refractivity contribution >= 4 is 17.8 Å². The fraction of sp³-hybridized carbons (Fsp3) is 0.381. The van der Waals surface area contributed by atoms with Gasteiger partial charge in [0.1, 0.15) is 5.82 Å². The van der Waals surface area contributed by atoms with Crippen LogP contribution in [0.15, 0.2) is 42.6 Å². The largest absolute Gasteiger partial charge is 0.450 e. The fourth-order valence-electron chi connectivity index (χ4n) is 3.17. The Bertz CT molecular complexity index is 832. The third kappa shape index (κ3) is 5.00. The molecule has 0 bridgehead atoms. The predicted octanol–water partition coefficient (Wildman–Crippen LogP) is 2.60. The van der Waals surface area contributed by atoms with E-state index in [1.165, 1.54) is 5.56 Å². The highest BCUT2D eigenvalue weighted by atomic mass is 16.6. The third-order valence-corrected chi connectivity index (χ3v) is 4.67. The van der Waals surface area contributed by atoms with Crippen LogP contribution in [-0.2, 0) is 11.3 Å². The van der Waals surface area contributed by atoms with Crippen LogP contribution < -0.4 is 10.2 Å². The van der Waals surface area contributed by atoms with Crippen molar-refractivity contribution in [2.75, 3.05) is 37.7 Å². The standard InChI is InChI=1S/C21H26N4O3/c1-3-28-21(27)25-11-9-24(10-12-25)19-14-18(7-8-22-19)20(26)23-15-17-6-4-5-16(2)13-17/h4-8,13-14H,3,9-12,15H2,1-2H3,(H,23,26). The van der Waals surface area contributed by atoms with Gasteiger partial charge in [0.05, 0.1) is 6.61 Å². The second kappa shape index (κ2) is 9.21. The van der Waals surface area contributed by atoms with Gasteiger partial charge in [-0.3, -0.25) is 4.79 Å². The summed E-state index contributed by atoms with van der Waals surface area (Å²) in [4.78, 5) is 32.5. The summed E-state index contributed by atoms with van der Waals surface area (Å²) in [5.41, 5.74) is 2.81. The lowest BCUT2D eigenvalue weighted by atomic mass is 10.1. The van der Waals surface area contributed by atoms with Crippen molar-refractivity contribution in [3.05, 3.63) is 59.3 Å². The number of hydrogen-bond donors (Lipinski definition) is 1. The second-order valence-corrected chi connectivity index (χ2v) is 6.75. The number of amides is 2. The highest BCUT2D eigenvalue weighted by molar-refractivity contribution is 5.94. The average Bonchev–Trinajstić information content (AvgIpc) is 2.72. The summed E-state index contributed by atoms with van der Waals surface area (Å²) in [6.45, 7) is 7.14. The average molecular weight is 382 g/mol. The first-order valence-electron chi connectivity index (χ1n) is 9.53. The smallest absolute Gasteiger partial charge is 0.409 e. The van der Waals surface area contributed by atoms with E-state index in [1.54, 1.807) is 30.2 Å². The number of aromatic nitrogens is 1. The molecule has 1 aliphatic heterocycles. The van der Waals surface area contributed by atoms with Crippen LogP contribution in [0.4, 0.5) is 10.6 Å². The molecule has 1 aliphatic rings. The molecular weight excluding hydrogens is 356 g/mol. The quantitative estimate of drug-likeness (QED) is 0.860. The summed E-state index contributed by atoms with van der Waals surface area (Å²) in [5, 5.41) is 2.95. The van der Waals surface area contributed by atoms with Gasteiger partial charge in [0, 0.05) is 44.5 Å². The fourth-order valence-corrected chi connectivity index (χ4v) is 3.17. The van der Waals surface area contributed by atoms with Crippen LogP contribution in [0.1, 0.15) is 28.4 Å². The Balaban J connectivity index is 1.58. The Morgan fingerprint density at radius 2 is 1.93 bits per heavy atom. The number of aryl methyl sites for hydroxylation is 1. The summed E-state index contributed by atoms with van der Waals surface area (Å²) < 4.78 is 5.04. The maximum Gasteiger partial charge on any atom is 0.409 e. The summed E-state index contributed by atoms with van der Waals surface area (Å²) in [6, 6.07) is 11.6. The lowest BCUT2D eigenvalue weighted by molar-refractivity contribution is 0.0950. The van der Waals surface area contributed by atoms with Gasteiger partial charge >= 0.3 is 6.09 Å². The van der Waals surface area contributed by atoms with Crippen molar-refractivity contribution in [3.8, 4) is 0 Å². The van der Waals surface area contributed by atoms with Gasteiger partial charge in [-0.05, 0) is 31.5 Å². The highest BCUT2D eigenvalue weighted by Crippen LogP contribution is 2.16. The normalized spacial score (nSPS) is 13.9. The first kappa shape index (κ1) is 19.7. The Labute approximate surface area is 165 Å². The minimum atomic E-state index is -0.278. The van der Waals surface area contributed by atoms with E-state index in [9.17, 15) is 9.59 Å². The zero-order valence-corrected chi connectivity index (χ0v) is 16.4. The number of nitrogens with zero attached hydrogens (tertiary/aromatic N) is 3. The molecule has 1 N–H and O–H groups in total. The van der Waals surface area contributed by atoms with E-state index in [0.717, 1.165) is 11.4 Å². The van der Waals surface area contributed by atoms with Crippen molar-refractivity contribution in [1.29, 1.82) is 0 Å². The van der Waals surface area contributed by atoms with Gasteiger partial charge in [-0.15, -0.1) is 0 Å². The van der Waals surface area contributed by atoms with Crippen LogP contribution in [-0.4, -0.2) is 54.7 Å². The number of pyridine rings is 1. The van der Waals surface area contributed by atoms with Crippen molar-refractivity contribution in [2.24, 2.45) is 0 Å². The van der Waals surface area contributed by atoms with Gasteiger partial charge in [0.25, 0.3) is 5.91 Å². The van der Waals surface area contributed by atoms with Gasteiger partial charge in [-0.1, -0.05) is 29.8 Å². The van der Waals surface area contributed by atoms with Crippen LogP contribution in [0.3, 0.4) is 0 Å². The van der Waals surface area contributed by atoms with Crippen LogP contribution in [0.2, 0.25) is 0 Å². The molecule has 3 rings (SSSR count). The van der Waals surface area contributed by atoms with Crippen LogP contribution >= 0.6 is 0 Å². The van der Waals surface area contributed by atoms with Crippen molar-refractivity contribution in [2.45, 2.75) is 20.4 Å². The lowest BCUT2D eigenvalue weighted by Gasteiger charge is -2.34.